The van der Waals surface area contributed by atoms with E-state index in [1.165, 1.54) is 11.8 Å². The van der Waals surface area contributed by atoms with Crippen molar-refractivity contribution in [2.75, 3.05) is 11.9 Å². The average molecular weight is 292 g/mol. The molecular formula is C12H12N4OS2. The lowest BCUT2D eigenvalue weighted by atomic mass is 10.3. The summed E-state index contributed by atoms with van der Waals surface area (Å²) in [6, 6.07) is 7.75. The maximum atomic E-state index is 5.64. The first-order valence-corrected chi connectivity index (χ1v) is 7.70. The number of anilines is 1. The number of fused-ring (bicyclic) bond motifs is 1. The van der Waals surface area contributed by atoms with E-state index in [-0.39, 0.29) is 0 Å². The van der Waals surface area contributed by atoms with Crippen LogP contribution in [0.3, 0.4) is 0 Å². The van der Waals surface area contributed by atoms with Gasteiger partial charge in [-0.2, -0.15) is 0 Å². The minimum Gasteiger partial charge on any atom is -0.431 e. The van der Waals surface area contributed by atoms with Gasteiger partial charge in [0.05, 0.1) is 5.75 Å². The molecule has 3 aromatic rings. The number of thioether (sulfide) groups is 1. The van der Waals surface area contributed by atoms with Crippen LogP contribution in [0.25, 0.3) is 11.1 Å². The Labute approximate surface area is 118 Å². The van der Waals surface area contributed by atoms with Crippen LogP contribution in [0.15, 0.2) is 33.9 Å². The summed E-state index contributed by atoms with van der Waals surface area (Å²) in [6.07, 6.45) is 0. The Balaban J connectivity index is 1.67. The van der Waals surface area contributed by atoms with E-state index in [2.05, 4.69) is 20.5 Å². The van der Waals surface area contributed by atoms with Gasteiger partial charge in [0.2, 0.25) is 5.13 Å². The van der Waals surface area contributed by atoms with Crippen molar-refractivity contribution in [1.82, 2.24) is 15.2 Å². The molecule has 0 unspecified atom stereocenters. The zero-order valence-electron chi connectivity index (χ0n) is 10.3. The van der Waals surface area contributed by atoms with Crippen molar-refractivity contribution in [3.63, 3.8) is 0 Å². The quantitative estimate of drug-likeness (QED) is 0.727. The summed E-state index contributed by atoms with van der Waals surface area (Å²) >= 11 is 3.09. The molecule has 0 saturated carbocycles. The summed E-state index contributed by atoms with van der Waals surface area (Å²) < 4.78 is 5.64. The highest BCUT2D eigenvalue weighted by atomic mass is 32.2. The van der Waals surface area contributed by atoms with Crippen LogP contribution in [0.4, 0.5) is 5.13 Å². The Morgan fingerprint density at radius 1 is 1.32 bits per heavy atom. The van der Waals surface area contributed by atoms with E-state index in [9.17, 15) is 0 Å². The molecule has 0 spiro atoms. The van der Waals surface area contributed by atoms with Crippen LogP contribution in [0, 0.1) is 0 Å². The van der Waals surface area contributed by atoms with Crippen molar-refractivity contribution in [2.24, 2.45) is 0 Å². The average Bonchev–Trinajstić information content (AvgIpc) is 3.02. The fourth-order valence-electron chi connectivity index (χ4n) is 1.57. The van der Waals surface area contributed by atoms with E-state index < -0.39 is 0 Å². The molecule has 1 N–H and O–H groups in total. The molecule has 0 aliphatic carbocycles. The Kier molecular flexibility index (Phi) is 3.65. The molecule has 0 aliphatic heterocycles. The first kappa shape index (κ1) is 12.4. The third-order valence-corrected chi connectivity index (χ3v) is 4.29. The first-order chi connectivity index (χ1) is 9.35. The second kappa shape index (κ2) is 5.58. The number of hydrogen-bond acceptors (Lipinski definition) is 7. The number of nitrogens with zero attached hydrogens (tertiary/aromatic N) is 3. The van der Waals surface area contributed by atoms with Crippen molar-refractivity contribution < 1.29 is 4.42 Å². The van der Waals surface area contributed by atoms with Gasteiger partial charge in [-0.25, -0.2) is 4.98 Å². The van der Waals surface area contributed by atoms with E-state index in [1.54, 1.807) is 11.3 Å². The molecule has 19 heavy (non-hydrogen) atoms. The van der Waals surface area contributed by atoms with Crippen LogP contribution in [0.5, 0.6) is 0 Å². The summed E-state index contributed by atoms with van der Waals surface area (Å²) in [6.45, 7) is 2.89. The highest BCUT2D eigenvalue weighted by Crippen LogP contribution is 2.27. The van der Waals surface area contributed by atoms with Gasteiger partial charge in [-0.05, 0) is 19.1 Å². The minimum atomic E-state index is 0.668. The molecule has 0 fully saturated rings. The summed E-state index contributed by atoms with van der Waals surface area (Å²) in [7, 11) is 0. The summed E-state index contributed by atoms with van der Waals surface area (Å²) in [5.74, 6) is 0.718. The molecule has 0 atom stereocenters. The number of oxazole rings is 1. The minimum absolute atomic E-state index is 0.668. The van der Waals surface area contributed by atoms with Gasteiger partial charge in [0, 0.05) is 6.54 Å². The molecule has 0 bridgehead atoms. The second-order valence-electron chi connectivity index (χ2n) is 3.77. The van der Waals surface area contributed by atoms with Gasteiger partial charge in [0.15, 0.2) is 5.58 Å². The fourth-order valence-corrected chi connectivity index (χ4v) is 3.20. The molecule has 2 aromatic heterocycles. The van der Waals surface area contributed by atoms with Crippen LogP contribution < -0.4 is 5.32 Å². The maximum Gasteiger partial charge on any atom is 0.257 e. The van der Waals surface area contributed by atoms with Gasteiger partial charge >= 0.3 is 0 Å². The van der Waals surface area contributed by atoms with Gasteiger partial charge in [0.1, 0.15) is 10.5 Å². The van der Waals surface area contributed by atoms with Crippen LogP contribution in [0.1, 0.15) is 11.9 Å². The zero-order valence-corrected chi connectivity index (χ0v) is 11.9. The zero-order chi connectivity index (χ0) is 13.1. The molecule has 98 valence electrons. The predicted octanol–water partition coefficient (Wildman–Crippen LogP) is 3.40. The molecule has 0 aliphatic rings. The number of nitrogens with one attached hydrogen (secondary N) is 1. The van der Waals surface area contributed by atoms with E-state index >= 15 is 0 Å². The van der Waals surface area contributed by atoms with E-state index in [1.807, 2.05) is 31.2 Å². The van der Waals surface area contributed by atoms with Crippen LogP contribution in [-0.4, -0.2) is 21.7 Å². The molecule has 0 amide bonds. The number of aromatic nitrogens is 3. The fraction of sp³-hybridized carbons (Fsp3) is 0.250. The molecule has 3 rings (SSSR count). The normalized spacial score (nSPS) is 11.0. The number of rotatable bonds is 5. The Morgan fingerprint density at radius 3 is 3.05 bits per heavy atom. The van der Waals surface area contributed by atoms with Crippen LogP contribution in [-0.2, 0) is 5.75 Å². The number of benzene rings is 1. The van der Waals surface area contributed by atoms with Gasteiger partial charge in [-0.3, -0.25) is 0 Å². The molecular weight excluding hydrogens is 280 g/mol. The van der Waals surface area contributed by atoms with Crippen molar-refractivity contribution in [3.05, 3.63) is 29.3 Å². The first-order valence-electron chi connectivity index (χ1n) is 5.90. The summed E-state index contributed by atoms with van der Waals surface area (Å²) in [5.41, 5.74) is 1.70. The molecule has 1 aromatic carbocycles. The van der Waals surface area contributed by atoms with Gasteiger partial charge in [-0.1, -0.05) is 35.2 Å². The molecule has 0 radical (unpaired) electrons. The third-order valence-electron chi connectivity index (χ3n) is 2.39. The third kappa shape index (κ3) is 2.87. The van der Waals surface area contributed by atoms with Crippen LogP contribution >= 0.6 is 23.1 Å². The van der Waals surface area contributed by atoms with Gasteiger partial charge < -0.3 is 9.73 Å². The monoisotopic (exact) mass is 292 g/mol. The van der Waals surface area contributed by atoms with E-state index in [0.717, 1.165) is 33.5 Å². The number of hydrogen-bond donors (Lipinski definition) is 1. The Bertz CT molecular complexity index is 646. The Morgan fingerprint density at radius 2 is 2.21 bits per heavy atom. The summed E-state index contributed by atoms with van der Waals surface area (Å²) in [4.78, 5) is 4.41. The van der Waals surface area contributed by atoms with Gasteiger partial charge in [-0.15, -0.1) is 10.2 Å². The topological polar surface area (TPSA) is 63.8 Å². The molecule has 5 nitrogen and oxygen atoms in total. The van der Waals surface area contributed by atoms with Gasteiger partial charge in [0.25, 0.3) is 5.22 Å². The standard InChI is InChI=1S/C12H12N4OS2/c1-2-13-11-16-15-10(19-11)7-18-12-14-8-5-3-4-6-9(8)17-12/h3-6H,2,7H2,1H3,(H,13,16). The second-order valence-corrected chi connectivity index (χ2v) is 5.76. The highest BCUT2D eigenvalue weighted by molar-refractivity contribution is 7.98. The SMILES string of the molecule is CCNc1nnc(CSc2nc3ccccc3o2)s1. The largest absolute Gasteiger partial charge is 0.431 e. The van der Waals surface area contributed by atoms with E-state index in [0.29, 0.717) is 5.22 Å². The van der Waals surface area contributed by atoms with Crippen LogP contribution in [0.2, 0.25) is 0 Å². The predicted molar refractivity (Wildman–Crippen MR) is 77.6 cm³/mol. The lowest BCUT2D eigenvalue weighted by molar-refractivity contribution is 0.489. The smallest absolute Gasteiger partial charge is 0.257 e. The van der Waals surface area contributed by atoms with Crippen molar-refractivity contribution in [3.8, 4) is 0 Å². The highest BCUT2D eigenvalue weighted by Gasteiger charge is 2.08. The lowest BCUT2D eigenvalue weighted by Crippen LogP contribution is -1.94. The van der Waals surface area contributed by atoms with Crippen molar-refractivity contribution >= 4 is 39.3 Å². The maximum absolute atomic E-state index is 5.64. The molecule has 7 heteroatoms. The Hall–Kier alpha value is -1.60. The molecule has 2 heterocycles. The van der Waals surface area contributed by atoms with E-state index in [4.69, 9.17) is 4.42 Å². The van der Waals surface area contributed by atoms with Crippen molar-refractivity contribution in [2.45, 2.75) is 17.9 Å². The summed E-state index contributed by atoms with van der Waals surface area (Å²) in [5, 5.41) is 13.8. The van der Waals surface area contributed by atoms with Crippen molar-refractivity contribution in [1.29, 1.82) is 0 Å². The lowest BCUT2D eigenvalue weighted by Gasteiger charge is -1.92. The number of para-hydroxylation sites is 2. The molecule has 0 saturated heterocycles.